The number of aryl methyl sites for hydroxylation is 1. The second kappa shape index (κ2) is 4.04. The molecule has 0 aromatic carbocycles. The Morgan fingerprint density at radius 3 is 3.21 bits per heavy atom. The first-order chi connectivity index (χ1) is 6.75. The zero-order valence-corrected chi connectivity index (χ0v) is 8.18. The molecule has 14 heavy (non-hydrogen) atoms. The fourth-order valence-electron chi connectivity index (χ4n) is 1.49. The topological polar surface area (TPSA) is 45.6 Å². The van der Waals surface area contributed by atoms with E-state index in [2.05, 4.69) is 4.98 Å². The molecule has 1 atom stereocenters. The molecule has 4 nitrogen and oxygen atoms in total. The lowest BCUT2D eigenvalue weighted by molar-refractivity contribution is -0.118. The van der Waals surface area contributed by atoms with Crippen LogP contribution in [0.3, 0.4) is 0 Å². The average molecular weight is 194 g/mol. The molecule has 0 saturated carbocycles. The van der Waals surface area contributed by atoms with Gasteiger partial charge in [-0.15, -0.1) is 0 Å². The summed E-state index contributed by atoms with van der Waals surface area (Å²) in [6, 6.07) is 3.94. The van der Waals surface area contributed by atoms with Gasteiger partial charge in [-0.05, 0) is 18.6 Å². The van der Waals surface area contributed by atoms with Gasteiger partial charge in [-0.3, -0.25) is 9.82 Å². The molecule has 0 spiro atoms. The highest BCUT2D eigenvalue weighted by Gasteiger charge is 2.21. The van der Waals surface area contributed by atoms with E-state index in [1.165, 1.54) is 0 Å². The molecule has 2 heterocycles. The molecular weight excluding hydrogens is 180 g/mol. The van der Waals surface area contributed by atoms with Crippen molar-refractivity contribution in [1.82, 2.24) is 10.0 Å². The second-order valence-electron chi connectivity index (χ2n) is 3.54. The summed E-state index contributed by atoms with van der Waals surface area (Å²) in [4.78, 5) is 9.53. The molecule has 0 aliphatic carbocycles. The highest BCUT2D eigenvalue weighted by atomic mass is 16.7. The molecule has 1 aromatic rings. The largest absolute Gasteiger partial charge is 0.389 e. The molecule has 1 fully saturated rings. The number of β-amino-alcohol motifs (C(OH)–C–C–N with tert-alkyl or cyclic N) is 1. The Hall–Kier alpha value is -0.970. The van der Waals surface area contributed by atoms with Crippen LogP contribution in [0.4, 0.5) is 0 Å². The van der Waals surface area contributed by atoms with Gasteiger partial charge in [-0.25, -0.2) is 0 Å². The summed E-state index contributed by atoms with van der Waals surface area (Å²) >= 11 is 0. The summed E-state index contributed by atoms with van der Waals surface area (Å²) < 4.78 is 0. The third-order valence-electron chi connectivity index (χ3n) is 2.31. The Kier molecular flexibility index (Phi) is 2.77. The highest BCUT2D eigenvalue weighted by Crippen LogP contribution is 2.12. The monoisotopic (exact) mass is 194 g/mol. The number of pyridine rings is 1. The fraction of sp³-hybridized carbons (Fsp3) is 0.500. The van der Waals surface area contributed by atoms with Crippen molar-refractivity contribution < 1.29 is 9.94 Å². The van der Waals surface area contributed by atoms with Crippen LogP contribution in [0.1, 0.15) is 11.3 Å². The van der Waals surface area contributed by atoms with Gasteiger partial charge in [0.1, 0.15) is 0 Å². The first-order valence-electron chi connectivity index (χ1n) is 4.72. The molecule has 0 bridgehead atoms. The van der Waals surface area contributed by atoms with Crippen LogP contribution in [0.5, 0.6) is 0 Å². The van der Waals surface area contributed by atoms with Crippen molar-refractivity contribution in [3.63, 3.8) is 0 Å². The smallest absolute Gasteiger partial charge is 0.0958 e. The average Bonchev–Trinajstić information content (AvgIpc) is 2.56. The van der Waals surface area contributed by atoms with E-state index in [9.17, 15) is 5.11 Å². The Balaban J connectivity index is 2.01. The van der Waals surface area contributed by atoms with E-state index in [-0.39, 0.29) is 6.10 Å². The third-order valence-corrected chi connectivity index (χ3v) is 2.31. The molecule has 4 heteroatoms. The van der Waals surface area contributed by atoms with Crippen molar-refractivity contribution in [3.8, 4) is 0 Å². The number of hydrogen-bond acceptors (Lipinski definition) is 4. The van der Waals surface area contributed by atoms with Crippen LogP contribution in [-0.4, -0.2) is 34.4 Å². The SMILES string of the molecule is Cc1cccnc1CN1CC(O)CO1. The Bertz CT molecular complexity index is 317. The van der Waals surface area contributed by atoms with Crippen molar-refractivity contribution in [2.24, 2.45) is 0 Å². The molecule has 2 rings (SSSR count). The fourth-order valence-corrected chi connectivity index (χ4v) is 1.49. The lowest BCUT2D eigenvalue weighted by atomic mass is 10.2. The van der Waals surface area contributed by atoms with Crippen molar-refractivity contribution in [1.29, 1.82) is 0 Å². The van der Waals surface area contributed by atoms with E-state index in [4.69, 9.17) is 4.84 Å². The summed E-state index contributed by atoms with van der Waals surface area (Å²) in [5, 5.41) is 11.0. The van der Waals surface area contributed by atoms with Gasteiger partial charge in [0.2, 0.25) is 0 Å². The maximum absolute atomic E-state index is 9.26. The predicted octanol–water partition coefficient (Wildman–Crippen LogP) is 0.498. The van der Waals surface area contributed by atoms with Gasteiger partial charge in [0, 0.05) is 6.20 Å². The molecule has 1 saturated heterocycles. The zero-order valence-electron chi connectivity index (χ0n) is 8.18. The summed E-state index contributed by atoms with van der Waals surface area (Å²) in [6.07, 6.45) is 1.41. The molecule has 1 aliphatic heterocycles. The van der Waals surface area contributed by atoms with E-state index in [0.717, 1.165) is 11.3 Å². The Labute approximate surface area is 83.1 Å². The number of hydrogen-bond donors (Lipinski definition) is 1. The maximum atomic E-state index is 9.26. The van der Waals surface area contributed by atoms with Crippen LogP contribution in [-0.2, 0) is 11.4 Å². The summed E-state index contributed by atoms with van der Waals surface area (Å²) in [5.41, 5.74) is 2.15. The van der Waals surface area contributed by atoms with Crippen molar-refractivity contribution in [3.05, 3.63) is 29.6 Å². The number of rotatable bonds is 2. The van der Waals surface area contributed by atoms with E-state index in [0.29, 0.717) is 19.7 Å². The minimum Gasteiger partial charge on any atom is -0.389 e. The van der Waals surface area contributed by atoms with Gasteiger partial charge in [-0.1, -0.05) is 6.07 Å². The van der Waals surface area contributed by atoms with Crippen LogP contribution >= 0.6 is 0 Å². The van der Waals surface area contributed by atoms with Crippen LogP contribution in [0.25, 0.3) is 0 Å². The molecule has 1 aromatic heterocycles. The lowest BCUT2D eigenvalue weighted by Gasteiger charge is -2.13. The van der Waals surface area contributed by atoms with Crippen molar-refractivity contribution in [2.45, 2.75) is 19.6 Å². The first-order valence-corrected chi connectivity index (χ1v) is 4.72. The quantitative estimate of drug-likeness (QED) is 0.744. The highest BCUT2D eigenvalue weighted by molar-refractivity contribution is 5.17. The Morgan fingerprint density at radius 1 is 1.71 bits per heavy atom. The summed E-state index contributed by atoms with van der Waals surface area (Å²) in [7, 11) is 0. The predicted molar refractivity (Wildman–Crippen MR) is 51.3 cm³/mol. The van der Waals surface area contributed by atoms with E-state index < -0.39 is 0 Å². The molecule has 0 amide bonds. The number of nitrogens with zero attached hydrogens (tertiary/aromatic N) is 2. The number of aromatic nitrogens is 1. The van der Waals surface area contributed by atoms with Crippen LogP contribution in [0, 0.1) is 6.92 Å². The third kappa shape index (κ3) is 2.09. The number of hydroxylamine groups is 2. The molecule has 76 valence electrons. The van der Waals surface area contributed by atoms with Gasteiger partial charge in [0.25, 0.3) is 0 Å². The van der Waals surface area contributed by atoms with E-state index in [1.807, 2.05) is 19.1 Å². The summed E-state index contributed by atoms with van der Waals surface area (Å²) in [6.45, 7) is 3.63. The number of aliphatic hydroxyl groups is 1. The van der Waals surface area contributed by atoms with Gasteiger partial charge in [0.05, 0.1) is 31.5 Å². The van der Waals surface area contributed by atoms with Crippen LogP contribution in [0.2, 0.25) is 0 Å². The van der Waals surface area contributed by atoms with Crippen LogP contribution in [0.15, 0.2) is 18.3 Å². The minimum absolute atomic E-state index is 0.362. The van der Waals surface area contributed by atoms with Gasteiger partial charge < -0.3 is 5.11 Å². The summed E-state index contributed by atoms with van der Waals surface area (Å²) in [5.74, 6) is 0. The second-order valence-corrected chi connectivity index (χ2v) is 3.54. The first kappa shape index (κ1) is 9.58. The van der Waals surface area contributed by atoms with Crippen LogP contribution < -0.4 is 0 Å². The normalized spacial score (nSPS) is 22.9. The van der Waals surface area contributed by atoms with E-state index >= 15 is 0 Å². The van der Waals surface area contributed by atoms with Gasteiger partial charge >= 0.3 is 0 Å². The van der Waals surface area contributed by atoms with Gasteiger partial charge in [-0.2, -0.15) is 5.06 Å². The Morgan fingerprint density at radius 2 is 2.57 bits per heavy atom. The van der Waals surface area contributed by atoms with Crippen molar-refractivity contribution >= 4 is 0 Å². The number of aliphatic hydroxyl groups excluding tert-OH is 1. The minimum atomic E-state index is -0.362. The molecule has 1 N–H and O–H groups in total. The van der Waals surface area contributed by atoms with Crippen molar-refractivity contribution in [2.75, 3.05) is 13.2 Å². The molecule has 1 aliphatic rings. The molecular formula is C10H14N2O2. The molecule has 0 radical (unpaired) electrons. The zero-order chi connectivity index (χ0) is 9.97. The van der Waals surface area contributed by atoms with Gasteiger partial charge in [0.15, 0.2) is 0 Å². The maximum Gasteiger partial charge on any atom is 0.0958 e. The standard InChI is InChI=1S/C10H14N2O2/c1-8-3-2-4-11-10(8)6-12-5-9(13)7-14-12/h2-4,9,13H,5-7H2,1H3. The lowest BCUT2D eigenvalue weighted by Crippen LogP contribution is -2.21. The molecule has 1 unspecified atom stereocenters. The van der Waals surface area contributed by atoms with E-state index in [1.54, 1.807) is 11.3 Å².